The van der Waals surface area contributed by atoms with Crippen molar-refractivity contribution in [2.24, 2.45) is 0 Å². The van der Waals surface area contributed by atoms with Crippen molar-refractivity contribution in [3.63, 3.8) is 0 Å². The van der Waals surface area contributed by atoms with Gasteiger partial charge in [-0.2, -0.15) is 0 Å². The third kappa shape index (κ3) is 8.69. The van der Waals surface area contributed by atoms with Crippen LogP contribution in [0.5, 0.6) is 0 Å². The number of halogens is 2. The normalized spacial score (nSPS) is 12.3. The molecule has 4 aromatic carbocycles. The maximum atomic E-state index is 14.7. The van der Waals surface area contributed by atoms with Gasteiger partial charge in [0.05, 0.1) is 10.6 Å². The molecular formula is C36H39Cl2N3O4S. The number of anilines is 1. The van der Waals surface area contributed by atoms with Crippen molar-refractivity contribution < 1.29 is 18.0 Å². The molecule has 46 heavy (non-hydrogen) atoms. The number of nitrogens with zero attached hydrogens (tertiary/aromatic N) is 2. The van der Waals surface area contributed by atoms with Crippen molar-refractivity contribution in [2.75, 3.05) is 10.8 Å². The molecule has 0 aliphatic rings. The van der Waals surface area contributed by atoms with E-state index in [4.69, 9.17) is 23.2 Å². The molecule has 2 amide bonds. The fourth-order valence-corrected chi connectivity index (χ4v) is 7.05. The van der Waals surface area contributed by atoms with Crippen LogP contribution in [0.2, 0.25) is 10.0 Å². The lowest BCUT2D eigenvalue weighted by Gasteiger charge is -2.36. The molecule has 0 aromatic heterocycles. The number of carbonyl (C=O) groups excluding carboxylic acids is 2. The number of benzene rings is 4. The van der Waals surface area contributed by atoms with Crippen LogP contribution in [0.4, 0.5) is 5.69 Å². The first-order valence-corrected chi connectivity index (χ1v) is 17.1. The summed E-state index contributed by atoms with van der Waals surface area (Å²) in [7, 11) is -4.21. The van der Waals surface area contributed by atoms with Crippen molar-refractivity contribution in [1.29, 1.82) is 0 Å². The minimum absolute atomic E-state index is 0.0427. The first-order chi connectivity index (χ1) is 21.7. The molecule has 0 spiro atoms. The third-order valence-corrected chi connectivity index (χ3v) is 9.91. The molecular weight excluding hydrogens is 641 g/mol. The molecule has 0 unspecified atom stereocenters. The quantitative estimate of drug-likeness (QED) is 0.179. The lowest BCUT2D eigenvalue weighted by atomic mass is 10.0. The molecule has 4 aromatic rings. The van der Waals surface area contributed by atoms with Crippen LogP contribution >= 0.6 is 23.2 Å². The highest BCUT2D eigenvalue weighted by atomic mass is 35.5. The number of hydrogen-bond donors (Lipinski definition) is 1. The number of nitrogens with one attached hydrogen (secondary N) is 1. The second-order valence-corrected chi connectivity index (χ2v) is 15.0. The lowest BCUT2D eigenvalue weighted by molar-refractivity contribution is -0.140. The van der Waals surface area contributed by atoms with E-state index >= 15 is 0 Å². The Hall–Kier alpha value is -3.85. The first kappa shape index (κ1) is 35.0. The molecule has 0 saturated heterocycles. The summed E-state index contributed by atoms with van der Waals surface area (Å²) in [5, 5.41) is 3.66. The summed E-state index contributed by atoms with van der Waals surface area (Å²) in [4.78, 5) is 30.1. The van der Waals surface area contributed by atoms with Gasteiger partial charge in [0.2, 0.25) is 11.8 Å². The fraction of sp³-hybridized carbons (Fsp3) is 0.278. The monoisotopic (exact) mass is 679 g/mol. The van der Waals surface area contributed by atoms with Gasteiger partial charge in [-0.15, -0.1) is 0 Å². The number of hydrogen-bond acceptors (Lipinski definition) is 4. The van der Waals surface area contributed by atoms with Crippen LogP contribution < -0.4 is 9.62 Å². The smallest absolute Gasteiger partial charge is 0.264 e. The van der Waals surface area contributed by atoms with Crippen LogP contribution in [0.3, 0.4) is 0 Å². The van der Waals surface area contributed by atoms with E-state index in [0.29, 0.717) is 26.9 Å². The molecule has 0 radical (unpaired) electrons. The van der Waals surface area contributed by atoms with Gasteiger partial charge in [0.15, 0.2) is 0 Å². The number of rotatable bonds is 11. The molecule has 0 aliphatic carbocycles. The fourth-order valence-electron chi connectivity index (χ4n) is 5.05. The molecule has 0 fully saturated rings. The molecule has 1 atom stereocenters. The molecule has 0 aliphatic heterocycles. The Bertz CT molecular complexity index is 1770. The predicted molar refractivity (Wildman–Crippen MR) is 186 cm³/mol. The van der Waals surface area contributed by atoms with Gasteiger partial charge in [0, 0.05) is 34.1 Å². The van der Waals surface area contributed by atoms with Gasteiger partial charge < -0.3 is 10.2 Å². The molecule has 7 nitrogen and oxygen atoms in total. The summed E-state index contributed by atoms with van der Waals surface area (Å²) in [6.07, 6.45) is 0.172. The molecule has 0 saturated carbocycles. The Kier molecular flexibility index (Phi) is 11.2. The van der Waals surface area contributed by atoms with Crippen LogP contribution in [0.25, 0.3) is 0 Å². The molecule has 242 valence electrons. The van der Waals surface area contributed by atoms with Crippen molar-refractivity contribution in [3.05, 3.63) is 129 Å². The van der Waals surface area contributed by atoms with E-state index in [1.54, 1.807) is 61.5 Å². The Morgan fingerprint density at radius 1 is 0.804 bits per heavy atom. The van der Waals surface area contributed by atoms with E-state index in [0.717, 1.165) is 15.4 Å². The molecule has 1 N–H and O–H groups in total. The highest BCUT2D eigenvalue weighted by Gasteiger charge is 2.36. The summed E-state index contributed by atoms with van der Waals surface area (Å²) in [6.45, 7) is 8.52. The van der Waals surface area contributed by atoms with Crippen LogP contribution in [0.1, 0.15) is 43.0 Å². The standard InChI is InChI=1S/C36H39Cl2N3O4S/c1-25-18-20-28(21-19-25)46(44,45)41(32-17-10-9-12-26(32)2)24-34(42)40(23-29-30(37)15-11-16-31(29)38)33(35(43)39-36(3,4)5)22-27-13-7-6-8-14-27/h6-21,33H,22-24H2,1-5H3,(H,39,43)/t33-/m0/s1. The van der Waals surface area contributed by atoms with Crippen LogP contribution in [0.15, 0.2) is 102 Å². The predicted octanol–water partition coefficient (Wildman–Crippen LogP) is 7.36. The van der Waals surface area contributed by atoms with Crippen molar-refractivity contribution in [1.82, 2.24) is 10.2 Å². The largest absolute Gasteiger partial charge is 0.350 e. The lowest BCUT2D eigenvalue weighted by Crippen LogP contribution is -2.56. The second-order valence-electron chi connectivity index (χ2n) is 12.3. The average Bonchev–Trinajstić information content (AvgIpc) is 2.99. The van der Waals surface area contributed by atoms with E-state index in [1.165, 1.54) is 17.0 Å². The van der Waals surface area contributed by atoms with Gasteiger partial charge in [-0.1, -0.05) is 95.5 Å². The van der Waals surface area contributed by atoms with Gasteiger partial charge in [-0.05, 0) is 76.1 Å². The summed E-state index contributed by atoms with van der Waals surface area (Å²) in [6, 6.07) is 26.8. The van der Waals surface area contributed by atoms with E-state index < -0.39 is 40.0 Å². The zero-order valence-electron chi connectivity index (χ0n) is 26.6. The van der Waals surface area contributed by atoms with Crippen molar-refractivity contribution in [3.8, 4) is 0 Å². The summed E-state index contributed by atoms with van der Waals surface area (Å²) >= 11 is 13.2. The molecule has 4 rings (SSSR count). The van der Waals surface area contributed by atoms with Crippen LogP contribution in [0, 0.1) is 13.8 Å². The Morgan fingerprint density at radius 3 is 1.98 bits per heavy atom. The van der Waals surface area contributed by atoms with Gasteiger partial charge >= 0.3 is 0 Å². The number of para-hydroxylation sites is 1. The van der Waals surface area contributed by atoms with Gasteiger partial charge in [-0.25, -0.2) is 8.42 Å². The van der Waals surface area contributed by atoms with E-state index in [2.05, 4.69) is 5.32 Å². The highest BCUT2D eigenvalue weighted by Crippen LogP contribution is 2.30. The topological polar surface area (TPSA) is 86.8 Å². The Labute approximate surface area is 282 Å². The third-order valence-electron chi connectivity index (χ3n) is 7.43. The van der Waals surface area contributed by atoms with Crippen LogP contribution in [-0.2, 0) is 32.6 Å². The second kappa shape index (κ2) is 14.7. The maximum Gasteiger partial charge on any atom is 0.264 e. The van der Waals surface area contributed by atoms with E-state index in [1.807, 2.05) is 58.0 Å². The summed E-state index contributed by atoms with van der Waals surface area (Å²) in [5.41, 5.74) is 2.58. The highest BCUT2D eigenvalue weighted by molar-refractivity contribution is 7.92. The minimum atomic E-state index is -4.21. The van der Waals surface area contributed by atoms with E-state index in [-0.39, 0.29) is 17.9 Å². The van der Waals surface area contributed by atoms with Crippen molar-refractivity contribution in [2.45, 2.75) is 64.1 Å². The van der Waals surface area contributed by atoms with Crippen LogP contribution in [-0.4, -0.2) is 43.3 Å². The minimum Gasteiger partial charge on any atom is -0.350 e. The first-order valence-electron chi connectivity index (χ1n) is 14.9. The number of sulfonamides is 1. The number of carbonyl (C=O) groups is 2. The van der Waals surface area contributed by atoms with E-state index in [9.17, 15) is 18.0 Å². The zero-order chi connectivity index (χ0) is 33.6. The molecule has 10 heteroatoms. The average molecular weight is 681 g/mol. The molecule has 0 heterocycles. The summed E-state index contributed by atoms with van der Waals surface area (Å²) < 4.78 is 29.6. The Morgan fingerprint density at radius 2 is 1.39 bits per heavy atom. The zero-order valence-corrected chi connectivity index (χ0v) is 29.0. The molecule has 0 bridgehead atoms. The van der Waals surface area contributed by atoms with Crippen molar-refractivity contribution >= 4 is 50.7 Å². The SMILES string of the molecule is Cc1ccc(S(=O)(=O)N(CC(=O)N(Cc2c(Cl)cccc2Cl)[C@@H](Cc2ccccc2)C(=O)NC(C)(C)C)c2ccccc2C)cc1. The van der Waals surface area contributed by atoms with Gasteiger partial charge in [-0.3, -0.25) is 13.9 Å². The number of amides is 2. The summed E-state index contributed by atoms with van der Waals surface area (Å²) in [5.74, 6) is -0.989. The van der Waals surface area contributed by atoms with Gasteiger partial charge in [0.1, 0.15) is 12.6 Å². The Balaban J connectivity index is 1.86. The van der Waals surface area contributed by atoms with Gasteiger partial charge in [0.25, 0.3) is 10.0 Å². The maximum absolute atomic E-state index is 14.7. The number of aryl methyl sites for hydroxylation is 2.